The summed E-state index contributed by atoms with van der Waals surface area (Å²) < 4.78 is 0. The van der Waals surface area contributed by atoms with Crippen LogP contribution in [0.4, 0.5) is 9.59 Å². The minimum absolute atomic E-state index is 0.332. The summed E-state index contributed by atoms with van der Waals surface area (Å²) in [5, 5.41) is 15.1. The molecule has 0 amide bonds. The van der Waals surface area contributed by atoms with Gasteiger partial charge in [-0.25, -0.2) is 38.7 Å². The summed E-state index contributed by atoms with van der Waals surface area (Å²) in [5.41, 5.74) is 0. The molecule has 0 aromatic carbocycles. The Hall–Kier alpha value is -2.52. The Kier molecular flexibility index (Phi) is 24.5. The van der Waals surface area contributed by atoms with Crippen LogP contribution in [0.2, 0.25) is 0 Å². The van der Waals surface area contributed by atoms with Crippen molar-refractivity contribution in [1.29, 1.82) is 0 Å². The molecule has 0 aromatic heterocycles. The SMILES string of the molecule is CCCCCCCCCC(=O)OOC(=O)CCCCCCCCC.O=C(O)OOC(=O)O. The fourth-order valence-electron chi connectivity index (χ4n) is 2.70. The lowest BCUT2D eigenvalue weighted by molar-refractivity contribution is -0.259. The normalized spacial score (nSPS) is 9.81. The predicted molar refractivity (Wildman–Crippen MR) is 116 cm³/mol. The summed E-state index contributed by atoms with van der Waals surface area (Å²) in [6.45, 7) is 4.40. The van der Waals surface area contributed by atoms with Crippen LogP contribution in [0, 0.1) is 0 Å². The van der Waals surface area contributed by atoms with E-state index in [4.69, 9.17) is 10.2 Å². The van der Waals surface area contributed by atoms with E-state index in [1.165, 1.54) is 51.4 Å². The van der Waals surface area contributed by atoms with Crippen LogP contribution in [0.25, 0.3) is 0 Å². The average Bonchev–Trinajstić information content (AvgIpc) is 2.75. The molecule has 0 radical (unpaired) electrons. The molecule has 0 aromatic rings. The van der Waals surface area contributed by atoms with E-state index >= 15 is 0 Å². The molecular formula is C22H40O10. The van der Waals surface area contributed by atoms with Gasteiger partial charge in [-0.15, -0.1) is 0 Å². The Morgan fingerprint density at radius 1 is 0.469 bits per heavy atom. The number of carbonyl (C=O) groups is 4. The van der Waals surface area contributed by atoms with Crippen molar-refractivity contribution < 1.29 is 48.9 Å². The van der Waals surface area contributed by atoms with Gasteiger partial charge >= 0.3 is 24.2 Å². The lowest BCUT2D eigenvalue weighted by Gasteiger charge is -2.04. The zero-order valence-electron chi connectivity index (χ0n) is 19.5. The Morgan fingerprint density at radius 2 is 0.750 bits per heavy atom. The van der Waals surface area contributed by atoms with Crippen LogP contribution in [0.15, 0.2) is 0 Å². The van der Waals surface area contributed by atoms with Crippen molar-refractivity contribution in [2.24, 2.45) is 0 Å². The first kappa shape index (κ1) is 31.7. The van der Waals surface area contributed by atoms with Gasteiger partial charge in [0.05, 0.1) is 12.8 Å². The molecule has 0 rings (SSSR count). The van der Waals surface area contributed by atoms with Crippen LogP contribution in [0.1, 0.15) is 117 Å². The molecule has 0 aliphatic heterocycles. The van der Waals surface area contributed by atoms with E-state index in [9.17, 15) is 19.2 Å². The van der Waals surface area contributed by atoms with Gasteiger partial charge in [-0.1, -0.05) is 90.9 Å². The molecule has 2 N–H and O–H groups in total. The van der Waals surface area contributed by atoms with E-state index in [-0.39, 0.29) is 0 Å². The third-order valence-corrected chi connectivity index (χ3v) is 4.38. The van der Waals surface area contributed by atoms with E-state index < -0.39 is 24.2 Å². The second-order valence-corrected chi connectivity index (χ2v) is 7.35. The van der Waals surface area contributed by atoms with Crippen molar-refractivity contribution >= 4 is 24.2 Å². The first-order chi connectivity index (χ1) is 15.3. The highest BCUT2D eigenvalue weighted by molar-refractivity contribution is 5.72. The molecule has 0 aliphatic carbocycles. The van der Waals surface area contributed by atoms with Gasteiger partial charge in [0.2, 0.25) is 0 Å². The van der Waals surface area contributed by atoms with Crippen LogP contribution in [-0.4, -0.2) is 34.5 Å². The van der Waals surface area contributed by atoms with Gasteiger partial charge in [0.25, 0.3) is 0 Å². The van der Waals surface area contributed by atoms with Crippen molar-refractivity contribution in [3.05, 3.63) is 0 Å². The third-order valence-electron chi connectivity index (χ3n) is 4.38. The third kappa shape index (κ3) is 29.7. The van der Waals surface area contributed by atoms with Gasteiger partial charge in [-0.3, -0.25) is 0 Å². The lowest BCUT2D eigenvalue weighted by atomic mass is 10.1. The van der Waals surface area contributed by atoms with Gasteiger partial charge in [0.1, 0.15) is 0 Å². The Labute approximate surface area is 190 Å². The topological polar surface area (TPSA) is 146 Å². The van der Waals surface area contributed by atoms with Gasteiger partial charge in [0.15, 0.2) is 0 Å². The molecule has 0 saturated heterocycles. The minimum Gasteiger partial charge on any atom is -0.447 e. The smallest absolute Gasteiger partial charge is 0.447 e. The summed E-state index contributed by atoms with van der Waals surface area (Å²) in [4.78, 5) is 56.9. The van der Waals surface area contributed by atoms with Gasteiger partial charge < -0.3 is 10.2 Å². The van der Waals surface area contributed by atoms with E-state index in [1.807, 2.05) is 0 Å². The Bertz CT molecular complexity index is 449. The Morgan fingerprint density at radius 3 is 1.03 bits per heavy atom. The number of hydrogen-bond donors (Lipinski definition) is 2. The van der Waals surface area contributed by atoms with Crippen LogP contribution in [0.5, 0.6) is 0 Å². The van der Waals surface area contributed by atoms with Crippen LogP contribution >= 0.6 is 0 Å². The zero-order chi connectivity index (χ0) is 24.5. The zero-order valence-corrected chi connectivity index (χ0v) is 19.5. The number of rotatable bonds is 16. The molecule has 0 heterocycles. The summed E-state index contributed by atoms with van der Waals surface area (Å²) in [6, 6.07) is 0. The average molecular weight is 465 g/mol. The largest absolute Gasteiger partial charge is 0.547 e. The highest BCUT2D eigenvalue weighted by Crippen LogP contribution is 2.10. The van der Waals surface area contributed by atoms with Crippen LogP contribution in [0.3, 0.4) is 0 Å². The molecular weight excluding hydrogens is 424 g/mol. The van der Waals surface area contributed by atoms with Crippen molar-refractivity contribution in [2.45, 2.75) is 117 Å². The molecule has 0 spiro atoms. The van der Waals surface area contributed by atoms with Gasteiger partial charge in [-0.2, -0.15) is 0 Å². The maximum absolute atomic E-state index is 11.5. The summed E-state index contributed by atoms with van der Waals surface area (Å²) in [6.07, 6.45) is 13.1. The first-order valence-electron chi connectivity index (χ1n) is 11.5. The van der Waals surface area contributed by atoms with E-state index in [2.05, 4.69) is 33.4 Å². The molecule has 0 bridgehead atoms. The standard InChI is InChI=1S/C20H38O4.C2H2O6/c1-3-5-7-9-11-13-15-17-19(21)23-24-20(22)18-16-14-12-10-8-6-4-2;3-1(4)7-8-2(5)6/h3-18H2,1-2H3;(H,3,4)(H,5,6). The summed E-state index contributed by atoms with van der Waals surface area (Å²) in [7, 11) is 0. The van der Waals surface area contributed by atoms with E-state index in [1.54, 1.807) is 0 Å². The fraction of sp³-hybridized carbons (Fsp3) is 0.818. The number of unbranched alkanes of at least 4 members (excludes halogenated alkanes) is 12. The van der Waals surface area contributed by atoms with Crippen LogP contribution < -0.4 is 0 Å². The Balaban J connectivity index is 0. The lowest BCUT2D eigenvalue weighted by Crippen LogP contribution is -2.11. The molecule has 0 aliphatic rings. The highest BCUT2D eigenvalue weighted by atomic mass is 17.2. The molecule has 32 heavy (non-hydrogen) atoms. The summed E-state index contributed by atoms with van der Waals surface area (Å²) in [5.74, 6) is -0.868. The number of hydrogen-bond acceptors (Lipinski definition) is 8. The fourth-order valence-corrected chi connectivity index (χ4v) is 2.70. The monoisotopic (exact) mass is 464 g/mol. The molecule has 0 atom stereocenters. The molecule has 10 nitrogen and oxygen atoms in total. The quantitative estimate of drug-likeness (QED) is 0.146. The maximum atomic E-state index is 11.5. The summed E-state index contributed by atoms with van der Waals surface area (Å²) >= 11 is 0. The van der Waals surface area contributed by atoms with Gasteiger partial charge in [0, 0.05) is 0 Å². The second kappa shape index (κ2) is 24.7. The number of carboxylic acid groups (broad SMARTS) is 2. The van der Waals surface area contributed by atoms with Crippen molar-refractivity contribution in [2.75, 3.05) is 0 Å². The van der Waals surface area contributed by atoms with Crippen molar-refractivity contribution in [1.82, 2.24) is 0 Å². The molecule has 0 saturated carbocycles. The highest BCUT2D eigenvalue weighted by Gasteiger charge is 2.09. The first-order valence-corrected chi connectivity index (χ1v) is 11.5. The van der Waals surface area contributed by atoms with E-state index in [0.29, 0.717) is 12.8 Å². The number of carbonyl (C=O) groups excluding carboxylic acids is 2. The maximum Gasteiger partial charge on any atom is 0.547 e. The minimum atomic E-state index is -1.80. The van der Waals surface area contributed by atoms with Crippen LogP contribution in [-0.2, 0) is 29.1 Å². The molecule has 0 fully saturated rings. The van der Waals surface area contributed by atoms with Crippen molar-refractivity contribution in [3.63, 3.8) is 0 Å². The van der Waals surface area contributed by atoms with Gasteiger partial charge in [-0.05, 0) is 12.8 Å². The molecule has 188 valence electrons. The molecule has 10 heteroatoms. The van der Waals surface area contributed by atoms with E-state index in [0.717, 1.165) is 38.5 Å². The molecule has 0 unspecified atom stereocenters. The van der Waals surface area contributed by atoms with Crippen molar-refractivity contribution in [3.8, 4) is 0 Å². The predicted octanol–water partition coefficient (Wildman–Crippen LogP) is 6.56. The second-order valence-electron chi connectivity index (χ2n) is 7.35.